The number of para-hydroxylation sites is 4. The molecule has 0 fully saturated rings. The third-order valence-corrected chi connectivity index (χ3v) is 13.0. The van der Waals surface area contributed by atoms with E-state index in [1.807, 2.05) is 0 Å². The van der Waals surface area contributed by atoms with E-state index in [1.165, 1.54) is 109 Å². The molecule has 0 amide bonds. The van der Waals surface area contributed by atoms with Gasteiger partial charge in [-0.1, -0.05) is 133 Å². The first-order valence-electron chi connectivity index (χ1n) is 20.7. The SMILES string of the molecule is Cn1c2ccc(-c3ccc(-n4c5ccccc5c5ccccc54)cc3)cc2c2c3c(ccc4ccc(-c5ccc(-n6c7ccccc7c7ccccc76)cc5)cc43)ccc21. The number of benzene rings is 10. The van der Waals surface area contributed by atoms with Crippen LogP contribution in [0.15, 0.2) is 206 Å². The van der Waals surface area contributed by atoms with E-state index in [9.17, 15) is 0 Å². The maximum atomic E-state index is 2.41. The lowest BCUT2D eigenvalue weighted by molar-refractivity contribution is 1.01. The molecule has 0 unspecified atom stereocenters. The normalized spacial score (nSPS) is 12.1. The van der Waals surface area contributed by atoms with E-state index in [0.29, 0.717) is 0 Å². The second-order valence-corrected chi connectivity index (χ2v) is 16.2. The highest BCUT2D eigenvalue weighted by atomic mass is 15.0. The lowest BCUT2D eigenvalue weighted by Gasteiger charge is -2.11. The Balaban J connectivity index is 0.936. The molecule has 3 heteroatoms. The Morgan fingerprint density at radius 3 is 1.17 bits per heavy atom. The highest BCUT2D eigenvalue weighted by Gasteiger charge is 2.17. The minimum Gasteiger partial charge on any atom is -0.344 e. The van der Waals surface area contributed by atoms with Crippen LogP contribution in [0.5, 0.6) is 0 Å². The number of nitrogens with zero attached hydrogens (tertiary/aromatic N) is 3. The van der Waals surface area contributed by atoms with Crippen LogP contribution in [-0.2, 0) is 7.05 Å². The van der Waals surface area contributed by atoms with Gasteiger partial charge in [-0.3, -0.25) is 0 Å². The van der Waals surface area contributed by atoms with Crippen molar-refractivity contribution in [3.05, 3.63) is 206 Å². The topological polar surface area (TPSA) is 14.8 Å². The summed E-state index contributed by atoms with van der Waals surface area (Å²) in [6, 6.07) is 76.1. The van der Waals surface area contributed by atoms with Crippen molar-refractivity contribution in [3.8, 4) is 33.6 Å². The predicted octanol–water partition coefficient (Wildman–Crippen LogP) is 15.2. The summed E-state index contributed by atoms with van der Waals surface area (Å²) in [7, 11) is 2.20. The first-order valence-corrected chi connectivity index (χ1v) is 20.7. The molecule has 0 radical (unpaired) electrons. The van der Waals surface area contributed by atoms with E-state index in [1.54, 1.807) is 0 Å². The summed E-state index contributed by atoms with van der Waals surface area (Å²) < 4.78 is 7.12. The average Bonchev–Trinajstić information content (AvgIpc) is 3.94. The first-order chi connectivity index (χ1) is 29.7. The molecule has 13 rings (SSSR count). The molecule has 3 heterocycles. The molecule has 0 N–H and O–H groups in total. The van der Waals surface area contributed by atoms with Gasteiger partial charge in [-0.25, -0.2) is 0 Å². The summed E-state index contributed by atoms with van der Waals surface area (Å²) in [6.07, 6.45) is 0. The number of aromatic nitrogens is 3. The van der Waals surface area contributed by atoms with Gasteiger partial charge in [-0.15, -0.1) is 0 Å². The van der Waals surface area contributed by atoms with Gasteiger partial charge in [0.25, 0.3) is 0 Å². The van der Waals surface area contributed by atoms with Crippen molar-refractivity contribution in [1.82, 2.24) is 13.7 Å². The van der Waals surface area contributed by atoms with Crippen molar-refractivity contribution in [1.29, 1.82) is 0 Å². The van der Waals surface area contributed by atoms with E-state index < -0.39 is 0 Å². The van der Waals surface area contributed by atoms with Crippen molar-refractivity contribution in [2.24, 2.45) is 7.05 Å². The standard InChI is InChI=1S/C57H37N3/c1-58-50-32-27-41(37-24-30-43(31-25-37)60-53-16-8-4-12-46(53)47-13-5-9-17-54(47)60)35-49(50)57-55(58)33-26-39-20-18-38-19-21-40(34-48(38)56(39)57)36-22-28-42(29-23-36)59-51-14-6-2-10-44(51)45-11-3-7-15-52(45)59/h2-35H,1H3. The van der Waals surface area contributed by atoms with Gasteiger partial charge in [0.05, 0.1) is 22.1 Å². The number of hydrogen-bond acceptors (Lipinski definition) is 0. The molecule has 0 aliphatic rings. The van der Waals surface area contributed by atoms with E-state index in [4.69, 9.17) is 0 Å². The monoisotopic (exact) mass is 763 g/mol. The van der Waals surface area contributed by atoms with Gasteiger partial charge in [0, 0.05) is 61.8 Å². The molecule has 0 saturated carbocycles. The largest absolute Gasteiger partial charge is 0.344 e. The smallest absolute Gasteiger partial charge is 0.0541 e. The third-order valence-electron chi connectivity index (χ3n) is 13.0. The Kier molecular flexibility index (Phi) is 6.93. The zero-order chi connectivity index (χ0) is 39.5. The van der Waals surface area contributed by atoms with Gasteiger partial charge < -0.3 is 13.7 Å². The molecule has 3 nitrogen and oxygen atoms in total. The van der Waals surface area contributed by atoms with Crippen molar-refractivity contribution in [2.45, 2.75) is 0 Å². The highest BCUT2D eigenvalue weighted by Crippen LogP contribution is 2.41. The van der Waals surface area contributed by atoms with Crippen LogP contribution < -0.4 is 0 Å². The average molecular weight is 764 g/mol. The molecule has 0 bridgehead atoms. The molecule has 0 spiro atoms. The lowest BCUT2D eigenvalue weighted by Crippen LogP contribution is -1.93. The minimum atomic E-state index is 1.16. The number of rotatable bonds is 4. The molecule has 0 aliphatic heterocycles. The second-order valence-electron chi connectivity index (χ2n) is 16.2. The molecule has 60 heavy (non-hydrogen) atoms. The van der Waals surface area contributed by atoms with Gasteiger partial charge in [0.1, 0.15) is 0 Å². The van der Waals surface area contributed by atoms with Gasteiger partial charge in [0.2, 0.25) is 0 Å². The molecule has 13 aromatic rings. The van der Waals surface area contributed by atoms with Crippen molar-refractivity contribution in [3.63, 3.8) is 0 Å². The summed E-state index contributed by atoms with van der Waals surface area (Å²) in [6.45, 7) is 0. The first kappa shape index (κ1) is 33.1. The Morgan fingerprint density at radius 2 is 0.650 bits per heavy atom. The Bertz CT molecular complexity index is 3770. The van der Waals surface area contributed by atoms with Crippen LogP contribution in [0, 0.1) is 0 Å². The van der Waals surface area contributed by atoms with E-state index in [2.05, 4.69) is 227 Å². The fourth-order valence-electron chi connectivity index (χ4n) is 10.2. The molecule has 10 aromatic carbocycles. The zero-order valence-corrected chi connectivity index (χ0v) is 33.0. The van der Waals surface area contributed by atoms with Crippen molar-refractivity contribution >= 4 is 87.0 Å². The van der Waals surface area contributed by atoms with Crippen LogP contribution in [-0.4, -0.2) is 13.7 Å². The van der Waals surface area contributed by atoms with Gasteiger partial charge in [0.15, 0.2) is 0 Å². The molecule has 3 aromatic heterocycles. The Labute approximate surface area is 346 Å². The summed E-state index contributed by atoms with van der Waals surface area (Å²) in [5.74, 6) is 0. The highest BCUT2D eigenvalue weighted by molar-refractivity contribution is 6.28. The number of aryl methyl sites for hydroxylation is 1. The van der Waals surface area contributed by atoms with Crippen molar-refractivity contribution < 1.29 is 0 Å². The van der Waals surface area contributed by atoms with Gasteiger partial charge in [-0.2, -0.15) is 0 Å². The Hall–Kier alpha value is -7.88. The quantitative estimate of drug-likeness (QED) is 0.159. The zero-order valence-electron chi connectivity index (χ0n) is 33.0. The minimum absolute atomic E-state index is 1.16. The van der Waals surface area contributed by atoms with Crippen LogP contribution in [0.3, 0.4) is 0 Å². The van der Waals surface area contributed by atoms with Crippen LogP contribution >= 0.6 is 0 Å². The van der Waals surface area contributed by atoms with E-state index in [-0.39, 0.29) is 0 Å². The lowest BCUT2D eigenvalue weighted by atomic mass is 9.94. The fraction of sp³-hybridized carbons (Fsp3) is 0.0175. The Morgan fingerprint density at radius 1 is 0.267 bits per heavy atom. The molecular weight excluding hydrogens is 727 g/mol. The summed E-state index contributed by atoms with van der Waals surface area (Å²) in [5, 5.41) is 12.8. The van der Waals surface area contributed by atoms with Crippen LogP contribution in [0.4, 0.5) is 0 Å². The van der Waals surface area contributed by atoms with Gasteiger partial charge in [-0.05, 0) is 117 Å². The predicted molar refractivity (Wildman–Crippen MR) is 255 cm³/mol. The van der Waals surface area contributed by atoms with Gasteiger partial charge >= 0.3 is 0 Å². The second kappa shape index (κ2) is 12.6. The molecular formula is C57H37N3. The maximum Gasteiger partial charge on any atom is 0.0541 e. The molecule has 280 valence electrons. The third kappa shape index (κ3) is 4.72. The molecule has 0 saturated heterocycles. The van der Waals surface area contributed by atoms with Crippen molar-refractivity contribution in [2.75, 3.05) is 0 Å². The molecule has 0 aliphatic carbocycles. The summed E-state index contributed by atoms with van der Waals surface area (Å²) in [4.78, 5) is 0. The fourth-order valence-corrected chi connectivity index (χ4v) is 10.2. The van der Waals surface area contributed by atoms with Crippen LogP contribution in [0.2, 0.25) is 0 Å². The maximum absolute atomic E-state index is 2.41. The summed E-state index contributed by atoms with van der Waals surface area (Å²) in [5.41, 5.74) is 14.5. The van der Waals surface area contributed by atoms with Crippen LogP contribution in [0.1, 0.15) is 0 Å². The molecule has 0 atom stereocenters. The summed E-state index contributed by atoms with van der Waals surface area (Å²) >= 11 is 0. The number of fused-ring (bicyclic) bond motifs is 13. The van der Waals surface area contributed by atoms with E-state index in [0.717, 1.165) is 11.4 Å². The van der Waals surface area contributed by atoms with Crippen LogP contribution in [0.25, 0.3) is 121 Å². The number of hydrogen-bond donors (Lipinski definition) is 0. The van der Waals surface area contributed by atoms with E-state index >= 15 is 0 Å².